The van der Waals surface area contributed by atoms with Gasteiger partial charge in [-0.1, -0.05) is 6.07 Å². The second kappa shape index (κ2) is 7.67. The van der Waals surface area contributed by atoms with E-state index in [0.717, 1.165) is 37.6 Å². The molecular formula is C20H22FN7. The van der Waals surface area contributed by atoms with E-state index >= 15 is 0 Å². The summed E-state index contributed by atoms with van der Waals surface area (Å²) in [6.45, 7) is 5.07. The van der Waals surface area contributed by atoms with Crippen molar-refractivity contribution >= 4 is 28.8 Å². The lowest BCUT2D eigenvalue weighted by molar-refractivity contribution is 0.624. The lowest BCUT2D eigenvalue weighted by Crippen LogP contribution is -2.47. The maximum atomic E-state index is 13.1. The minimum absolute atomic E-state index is 0.223. The SMILES string of the molecule is Cc1cccc(Nc2ncnc(N3CCN(c4ccc(F)cc4)CC3)c2N)n1. The summed E-state index contributed by atoms with van der Waals surface area (Å²) < 4.78 is 13.1. The van der Waals surface area contributed by atoms with E-state index < -0.39 is 0 Å². The number of benzene rings is 1. The van der Waals surface area contributed by atoms with Crippen LogP contribution in [0.25, 0.3) is 0 Å². The fourth-order valence-electron chi connectivity index (χ4n) is 3.30. The molecule has 0 bridgehead atoms. The molecule has 3 heterocycles. The zero-order valence-corrected chi connectivity index (χ0v) is 15.6. The zero-order chi connectivity index (χ0) is 19.5. The van der Waals surface area contributed by atoms with Gasteiger partial charge in [-0.15, -0.1) is 0 Å². The summed E-state index contributed by atoms with van der Waals surface area (Å²) in [7, 11) is 0. The van der Waals surface area contributed by atoms with Crippen LogP contribution in [-0.4, -0.2) is 41.1 Å². The fraction of sp³-hybridized carbons (Fsp3) is 0.250. The van der Waals surface area contributed by atoms with Crippen LogP contribution in [0.4, 0.5) is 33.2 Å². The molecule has 1 aromatic carbocycles. The second-order valence-corrected chi connectivity index (χ2v) is 6.70. The Kier molecular flexibility index (Phi) is 4.92. The summed E-state index contributed by atoms with van der Waals surface area (Å²) in [5.74, 6) is 1.73. The molecule has 0 radical (unpaired) electrons. The summed E-state index contributed by atoms with van der Waals surface area (Å²) in [6.07, 6.45) is 1.51. The van der Waals surface area contributed by atoms with Crippen molar-refractivity contribution in [1.82, 2.24) is 15.0 Å². The van der Waals surface area contributed by atoms with Gasteiger partial charge in [-0.05, 0) is 43.3 Å². The summed E-state index contributed by atoms with van der Waals surface area (Å²) >= 11 is 0. The average molecular weight is 379 g/mol. The topological polar surface area (TPSA) is 83.2 Å². The van der Waals surface area contributed by atoms with Crippen molar-refractivity contribution in [2.45, 2.75) is 6.92 Å². The molecule has 0 aliphatic carbocycles. The number of hydrogen-bond acceptors (Lipinski definition) is 7. The van der Waals surface area contributed by atoms with Gasteiger partial charge in [-0.3, -0.25) is 0 Å². The molecule has 2 aromatic heterocycles. The smallest absolute Gasteiger partial charge is 0.160 e. The maximum Gasteiger partial charge on any atom is 0.160 e. The van der Waals surface area contributed by atoms with E-state index in [1.165, 1.54) is 18.5 Å². The number of nitrogen functional groups attached to an aromatic ring is 1. The van der Waals surface area contributed by atoms with Gasteiger partial charge in [0.2, 0.25) is 0 Å². The van der Waals surface area contributed by atoms with Crippen LogP contribution in [0.3, 0.4) is 0 Å². The molecule has 8 heteroatoms. The molecule has 1 saturated heterocycles. The third-order valence-corrected chi connectivity index (χ3v) is 4.77. The van der Waals surface area contributed by atoms with Gasteiger partial charge >= 0.3 is 0 Å². The molecule has 3 aromatic rings. The molecule has 7 nitrogen and oxygen atoms in total. The number of halogens is 1. The van der Waals surface area contributed by atoms with E-state index in [9.17, 15) is 4.39 Å². The van der Waals surface area contributed by atoms with Gasteiger partial charge in [0.1, 0.15) is 23.6 Å². The highest BCUT2D eigenvalue weighted by Gasteiger charge is 2.21. The molecule has 0 amide bonds. The van der Waals surface area contributed by atoms with Crippen LogP contribution >= 0.6 is 0 Å². The number of aryl methyl sites for hydroxylation is 1. The second-order valence-electron chi connectivity index (χ2n) is 6.70. The summed E-state index contributed by atoms with van der Waals surface area (Å²) in [4.78, 5) is 17.5. The molecule has 1 aliphatic rings. The summed E-state index contributed by atoms with van der Waals surface area (Å²) in [5.41, 5.74) is 8.78. The third-order valence-electron chi connectivity index (χ3n) is 4.77. The zero-order valence-electron chi connectivity index (χ0n) is 15.6. The van der Waals surface area contributed by atoms with Gasteiger partial charge in [0, 0.05) is 37.6 Å². The van der Waals surface area contributed by atoms with Crippen LogP contribution < -0.4 is 20.9 Å². The summed E-state index contributed by atoms with van der Waals surface area (Å²) in [6, 6.07) is 12.3. The quantitative estimate of drug-likeness (QED) is 0.721. The number of nitrogens with two attached hydrogens (primary N) is 1. The molecule has 0 saturated carbocycles. The van der Waals surface area contributed by atoms with Crippen molar-refractivity contribution in [3.05, 3.63) is 60.3 Å². The predicted molar refractivity (Wildman–Crippen MR) is 110 cm³/mol. The van der Waals surface area contributed by atoms with Crippen molar-refractivity contribution in [3.63, 3.8) is 0 Å². The Morgan fingerprint density at radius 2 is 1.68 bits per heavy atom. The Morgan fingerprint density at radius 1 is 0.964 bits per heavy atom. The van der Waals surface area contributed by atoms with E-state index in [4.69, 9.17) is 5.73 Å². The Bertz CT molecular complexity index is 953. The van der Waals surface area contributed by atoms with Crippen LogP contribution in [0.1, 0.15) is 5.69 Å². The number of hydrogen-bond donors (Lipinski definition) is 2. The Balaban J connectivity index is 1.47. The monoisotopic (exact) mass is 379 g/mol. The normalized spacial score (nSPS) is 14.2. The van der Waals surface area contributed by atoms with Crippen molar-refractivity contribution in [2.75, 3.05) is 47.0 Å². The van der Waals surface area contributed by atoms with E-state index in [-0.39, 0.29) is 5.82 Å². The summed E-state index contributed by atoms with van der Waals surface area (Å²) in [5, 5.41) is 3.17. The third kappa shape index (κ3) is 3.80. The van der Waals surface area contributed by atoms with Crippen LogP contribution in [-0.2, 0) is 0 Å². The number of nitrogens with zero attached hydrogens (tertiary/aromatic N) is 5. The van der Waals surface area contributed by atoms with Crippen molar-refractivity contribution in [1.29, 1.82) is 0 Å². The molecular weight excluding hydrogens is 357 g/mol. The van der Waals surface area contributed by atoms with Crippen LogP contribution in [0.2, 0.25) is 0 Å². The first-order valence-electron chi connectivity index (χ1n) is 9.17. The Morgan fingerprint density at radius 3 is 2.39 bits per heavy atom. The molecule has 0 unspecified atom stereocenters. The Hall–Kier alpha value is -3.42. The standard InChI is InChI=1S/C20H22FN7/c1-14-3-2-4-17(25-14)26-19-18(22)20(24-13-23-19)28-11-9-27(10-12-28)16-7-5-15(21)6-8-16/h2-8,13H,9-12,22H2,1H3,(H,23,24,25,26). The highest BCUT2D eigenvalue weighted by Crippen LogP contribution is 2.29. The van der Waals surface area contributed by atoms with Crippen molar-refractivity contribution in [3.8, 4) is 0 Å². The lowest BCUT2D eigenvalue weighted by Gasteiger charge is -2.37. The van der Waals surface area contributed by atoms with E-state index in [1.54, 1.807) is 12.1 Å². The molecule has 0 atom stereocenters. The van der Waals surface area contributed by atoms with Gasteiger partial charge in [0.15, 0.2) is 11.6 Å². The first-order valence-corrected chi connectivity index (χ1v) is 9.17. The van der Waals surface area contributed by atoms with Gasteiger partial charge < -0.3 is 20.9 Å². The van der Waals surface area contributed by atoms with Crippen molar-refractivity contribution in [2.24, 2.45) is 0 Å². The predicted octanol–water partition coefficient (Wildman–Crippen LogP) is 2.97. The van der Waals surface area contributed by atoms with E-state index in [0.29, 0.717) is 23.1 Å². The van der Waals surface area contributed by atoms with Crippen LogP contribution in [0.15, 0.2) is 48.8 Å². The molecule has 144 valence electrons. The lowest BCUT2D eigenvalue weighted by atomic mass is 10.2. The van der Waals surface area contributed by atoms with E-state index in [1.807, 2.05) is 25.1 Å². The van der Waals surface area contributed by atoms with Gasteiger partial charge in [0.05, 0.1) is 0 Å². The first kappa shape index (κ1) is 18.0. The van der Waals surface area contributed by atoms with Crippen LogP contribution in [0.5, 0.6) is 0 Å². The number of aromatic nitrogens is 3. The number of rotatable bonds is 4. The molecule has 3 N–H and O–H groups in total. The minimum atomic E-state index is -0.223. The van der Waals surface area contributed by atoms with Gasteiger partial charge in [-0.25, -0.2) is 19.3 Å². The average Bonchev–Trinajstić information content (AvgIpc) is 2.71. The molecule has 28 heavy (non-hydrogen) atoms. The minimum Gasteiger partial charge on any atom is -0.393 e. The van der Waals surface area contributed by atoms with E-state index in [2.05, 4.69) is 30.1 Å². The maximum absolute atomic E-state index is 13.1. The highest BCUT2D eigenvalue weighted by atomic mass is 19.1. The number of piperazine rings is 1. The molecule has 1 fully saturated rings. The Labute approximate surface area is 163 Å². The van der Waals surface area contributed by atoms with Crippen molar-refractivity contribution < 1.29 is 4.39 Å². The first-order chi connectivity index (χ1) is 13.6. The number of nitrogens with one attached hydrogen (secondary N) is 1. The van der Waals surface area contributed by atoms with Gasteiger partial charge in [0.25, 0.3) is 0 Å². The largest absolute Gasteiger partial charge is 0.393 e. The molecule has 1 aliphatic heterocycles. The molecule has 4 rings (SSSR count). The van der Waals surface area contributed by atoms with Gasteiger partial charge in [-0.2, -0.15) is 0 Å². The number of pyridine rings is 1. The van der Waals surface area contributed by atoms with Crippen LogP contribution in [0, 0.1) is 12.7 Å². The number of anilines is 5. The molecule has 0 spiro atoms. The highest BCUT2D eigenvalue weighted by molar-refractivity contribution is 5.77. The fourth-order valence-corrected chi connectivity index (χ4v) is 3.30.